The van der Waals surface area contributed by atoms with Crippen molar-refractivity contribution in [3.63, 3.8) is 0 Å². The predicted molar refractivity (Wildman–Crippen MR) is 359 cm³/mol. The lowest BCUT2D eigenvalue weighted by molar-refractivity contribution is -0.152. The van der Waals surface area contributed by atoms with Gasteiger partial charge in [-0.25, -0.2) is 0 Å². The highest BCUT2D eigenvalue weighted by Gasteiger charge is 2.61. The Morgan fingerprint density at radius 3 is 1.11 bits per heavy atom. The summed E-state index contributed by atoms with van der Waals surface area (Å²) in [6, 6.07) is 0. The summed E-state index contributed by atoms with van der Waals surface area (Å²) in [6.45, 7) is 29.8. The van der Waals surface area contributed by atoms with Gasteiger partial charge in [-0.2, -0.15) is 0 Å². The van der Waals surface area contributed by atoms with Crippen LogP contribution in [0.5, 0.6) is 0 Å². The normalized spacial score (nSPS) is 34.8. The first kappa shape index (κ1) is 69.9. The van der Waals surface area contributed by atoms with Crippen LogP contribution < -0.4 is 0 Å². The highest BCUT2D eigenvalue weighted by molar-refractivity contribution is 5.70. The van der Waals surface area contributed by atoms with E-state index in [9.17, 15) is 9.59 Å². The van der Waals surface area contributed by atoms with Crippen molar-refractivity contribution < 1.29 is 19.1 Å². The van der Waals surface area contributed by atoms with Crippen molar-refractivity contribution in [2.75, 3.05) is 0 Å². The number of allylic oxidation sites excluding steroid dienone is 2. The molecule has 8 unspecified atom stereocenters. The molecule has 8 aliphatic rings. The van der Waals surface area contributed by atoms with Crippen LogP contribution in [0.4, 0.5) is 0 Å². The maximum Gasteiger partial charge on any atom is 0.306 e. The highest BCUT2D eigenvalue weighted by atomic mass is 16.5. The van der Waals surface area contributed by atoms with Crippen molar-refractivity contribution in [3.05, 3.63) is 23.3 Å². The average Bonchev–Trinajstić information content (AvgIpc) is 1.84. The summed E-state index contributed by atoms with van der Waals surface area (Å²) in [5.74, 6) is 10.7. The summed E-state index contributed by atoms with van der Waals surface area (Å²) in [5, 5.41) is 0. The van der Waals surface area contributed by atoms with E-state index in [-0.39, 0.29) is 24.1 Å². The van der Waals surface area contributed by atoms with E-state index in [1.165, 1.54) is 231 Å². The quantitative estimate of drug-likeness (QED) is 0.0366. The molecule has 0 heterocycles. The van der Waals surface area contributed by atoms with Gasteiger partial charge in [-0.3, -0.25) is 9.59 Å². The van der Waals surface area contributed by atoms with Gasteiger partial charge in [0.15, 0.2) is 0 Å². The Balaban J connectivity index is 0.000000241. The van der Waals surface area contributed by atoms with Crippen molar-refractivity contribution in [3.8, 4) is 0 Å². The van der Waals surface area contributed by atoms with E-state index in [1.54, 1.807) is 11.1 Å². The van der Waals surface area contributed by atoms with Gasteiger partial charge in [0, 0.05) is 25.7 Å². The van der Waals surface area contributed by atoms with Gasteiger partial charge in [-0.05, 0) is 195 Å². The number of carbonyl (C=O) groups is 2. The van der Waals surface area contributed by atoms with Crippen LogP contribution in [0.1, 0.15) is 366 Å². The molecule has 0 amide bonds. The van der Waals surface area contributed by atoms with Crippen molar-refractivity contribution in [1.29, 1.82) is 0 Å². The number of carbonyl (C=O) groups excluding carboxylic acids is 2. The molecule has 8 aliphatic carbocycles. The van der Waals surface area contributed by atoms with Crippen molar-refractivity contribution in [2.24, 2.45) is 92.7 Å². The van der Waals surface area contributed by atoms with E-state index in [2.05, 4.69) is 95.2 Å². The molecule has 6 saturated carbocycles. The van der Waals surface area contributed by atoms with Crippen LogP contribution >= 0.6 is 0 Å². The minimum atomic E-state index is 0.0591. The highest BCUT2D eigenvalue weighted by Crippen LogP contribution is 2.69. The first-order valence-electron chi connectivity index (χ1n) is 38.2. The van der Waals surface area contributed by atoms with Gasteiger partial charge in [0.1, 0.15) is 12.2 Å². The summed E-state index contributed by atoms with van der Waals surface area (Å²) >= 11 is 0. The Kier molecular flexibility index (Phi) is 28.3. The Bertz CT molecular complexity index is 2000. The zero-order valence-electron chi connectivity index (χ0n) is 58.0. The molecule has 8 rings (SSSR count). The van der Waals surface area contributed by atoms with Gasteiger partial charge in [-0.1, -0.05) is 260 Å². The lowest BCUT2D eigenvalue weighted by atomic mass is 9.47. The average molecular weight is 1170 g/mol. The third kappa shape index (κ3) is 18.3. The molecule has 16 atom stereocenters. The van der Waals surface area contributed by atoms with Crippen molar-refractivity contribution in [1.82, 2.24) is 0 Å². The number of hydrogen-bond donors (Lipinski definition) is 0. The third-order valence-corrected chi connectivity index (χ3v) is 26.6. The molecular weight excluding hydrogens is 1020 g/mol. The second-order valence-corrected chi connectivity index (χ2v) is 33.2. The molecule has 0 spiro atoms. The summed E-state index contributed by atoms with van der Waals surface area (Å²) in [7, 11) is 0. The molecule has 0 radical (unpaired) electrons. The smallest absolute Gasteiger partial charge is 0.306 e. The van der Waals surface area contributed by atoms with Gasteiger partial charge in [0.25, 0.3) is 0 Å². The van der Waals surface area contributed by atoms with E-state index in [4.69, 9.17) is 9.47 Å². The second-order valence-electron chi connectivity index (χ2n) is 33.2. The number of esters is 2. The largest absolute Gasteiger partial charge is 0.462 e. The zero-order chi connectivity index (χ0) is 60.3. The Labute approximate surface area is 522 Å². The molecule has 84 heavy (non-hydrogen) atoms. The third-order valence-electron chi connectivity index (χ3n) is 26.6. The molecule has 484 valence electrons. The lowest BCUT2D eigenvalue weighted by Crippen LogP contribution is -2.51. The van der Waals surface area contributed by atoms with Crippen LogP contribution in [-0.2, 0) is 19.1 Å². The monoisotopic (exact) mass is 1170 g/mol. The van der Waals surface area contributed by atoms with Gasteiger partial charge >= 0.3 is 11.9 Å². The molecule has 0 aromatic rings. The topological polar surface area (TPSA) is 52.6 Å². The first-order valence-corrected chi connectivity index (χ1v) is 38.2. The first-order chi connectivity index (χ1) is 40.4. The fraction of sp³-hybridized carbons (Fsp3) is 0.925. The molecular formula is C80H140O4. The zero-order valence-corrected chi connectivity index (χ0v) is 58.0. The van der Waals surface area contributed by atoms with Crippen LogP contribution in [0.3, 0.4) is 0 Å². The van der Waals surface area contributed by atoms with E-state index < -0.39 is 0 Å². The number of hydrogen-bond acceptors (Lipinski definition) is 4. The Morgan fingerprint density at radius 2 is 0.762 bits per heavy atom. The summed E-state index contributed by atoms with van der Waals surface area (Å²) in [5.41, 5.74) is 5.08. The Morgan fingerprint density at radius 1 is 0.417 bits per heavy atom. The maximum atomic E-state index is 12.7. The van der Waals surface area contributed by atoms with Crippen LogP contribution in [0.25, 0.3) is 0 Å². The number of rotatable bonds is 34. The van der Waals surface area contributed by atoms with E-state index in [1.807, 2.05) is 0 Å². The summed E-state index contributed by atoms with van der Waals surface area (Å²) in [6.07, 6.45) is 62.1. The molecule has 0 aromatic carbocycles. The van der Waals surface area contributed by atoms with Crippen LogP contribution in [0, 0.1) is 92.7 Å². The van der Waals surface area contributed by atoms with E-state index in [0.717, 1.165) is 110 Å². The fourth-order valence-electron chi connectivity index (χ4n) is 21.5. The predicted octanol–water partition coefficient (Wildman–Crippen LogP) is 24.5. The number of fused-ring (bicyclic) bond motifs is 10. The van der Waals surface area contributed by atoms with Gasteiger partial charge in [-0.15, -0.1) is 0 Å². The maximum absolute atomic E-state index is 12.7. The molecule has 0 saturated heterocycles. The molecule has 0 bridgehead atoms. The molecule has 6 fully saturated rings. The van der Waals surface area contributed by atoms with Crippen LogP contribution in [0.2, 0.25) is 0 Å². The molecule has 0 aromatic heterocycles. The van der Waals surface area contributed by atoms with Gasteiger partial charge in [0.05, 0.1) is 0 Å². The minimum Gasteiger partial charge on any atom is -0.462 e. The molecule has 4 heteroatoms. The summed E-state index contributed by atoms with van der Waals surface area (Å²) < 4.78 is 12.2. The SMILES string of the molecule is CCCCCCCCCCCC(=O)OC1CC[C@@]2(C)C(=CCC3C2CC[C@@]2(C)C3CC[C@@H]2[C@H](C)CCCC(C)C)C1.CCCCCCCCCCCCCC(=O)OC1CC[C@@]2(C)C(=CCC3C2CC[C@@]2(C)C3CC[C@@H]2[C@H](C)CCCC(C)C)C1. The second kappa shape index (κ2) is 34.0. The Hall–Kier alpha value is -1.58. The minimum absolute atomic E-state index is 0.0591. The molecule has 0 aliphatic heterocycles. The molecule has 4 nitrogen and oxygen atoms in total. The molecule has 0 N–H and O–H groups in total. The van der Waals surface area contributed by atoms with Crippen molar-refractivity contribution >= 4 is 11.9 Å². The lowest BCUT2D eigenvalue weighted by Gasteiger charge is -2.58. The van der Waals surface area contributed by atoms with Crippen LogP contribution in [-0.4, -0.2) is 24.1 Å². The fourth-order valence-corrected chi connectivity index (χ4v) is 21.5. The van der Waals surface area contributed by atoms with E-state index in [0.29, 0.717) is 34.5 Å². The van der Waals surface area contributed by atoms with Crippen LogP contribution in [0.15, 0.2) is 23.3 Å². The van der Waals surface area contributed by atoms with E-state index >= 15 is 0 Å². The number of unbranched alkanes of at least 4 members (excludes halogenated alkanes) is 18. The standard InChI is InChI=1S/C41H72O2.C39H68O2/c1-7-8-9-10-11-12-13-14-15-16-17-21-39(42)43-34-26-28-40(5)33(30-34)22-23-35-37-25-24-36(32(4)20-18-19-31(2)3)41(37,6)29-27-38(35)40;1-7-8-9-10-11-12-13-14-15-19-37(40)41-32-24-26-38(5)31(28-32)20-21-33-35-23-22-34(30(4)18-16-17-29(2)3)39(35,6)27-25-36(33)38/h22,31-32,34-38H,7-21,23-30H2,1-6H3;20,29-30,32-36H,7-19,21-28H2,1-6H3/t32-,34?,35?,36-,37?,38?,40+,41-;30-,32?,33?,34-,35?,36?,38+,39-/m11/s1. The van der Waals surface area contributed by atoms with Crippen molar-refractivity contribution in [2.45, 2.75) is 378 Å². The van der Waals surface area contributed by atoms with Gasteiger partial charge in [0.2, 0.25) is 0 Å². The summed E-state index contributed by atoms with van der Waals surface area (Å²) in [4.78, 5) is 25.4. The van der Waals surface area contributed by atoms with Gasteiger partial charge < -0.3 is 9.47 Å². The number of ether oxygens (including phenoxy) is 2.